The van der Waals surface area contributed by atoms with Gasteiger partial charge in [0.15, 0.2) is 0 Å². The summed E-state index contributed by atoms with van der Waals surface area (Å²) >= 11 is 0. The first-order valence-corrected chi connectivity index (χ1v) is 28.9. The van der Waals surface area contributed by atoms with Crippen molar-refractivity contribution in [3.05, 3.63) is 12.2 Å². The minimum absolute atomic E-state index is 0.0260. The Balaban J connectivity index is 3.42. The normalized spacial score (nSPS) is 12.8. The second-order valence-corrected chi connectivity index (χ2v) is 20.1. The molecule has 0 saturated heterocycles. The molecule has 4 heteroatoms. The van der Waals surface area contributed by atoms with Gasteiger partial charge in [0.25, 0.3) is 0 Å². The van der Waals surface area contributed by atoms with Gasteiger partial charge in [0, 0.05) is 6.42 Å². The number of carbonyl (C=O) groups excluding carboxylic acids is 1. The Morgan fingerprint density at radius 3 is 0.887 bits per heavy atom. The van der Waals surface area contributed by atoms with E-state index in [1.54, 1.807) is 0 Å². The van der Waals surface area contributed by atoms with Crippen molar-refractivity contribution in [1.82, 2.24) is 5.32 Å². The van der Waals surface area contributed by atoms with Crippen molar-refractivity contribution in [3.8, 4) is 0 Å². The summed E-state index contributed by atoms with van der Waals surface area (Å²) < 4.78 is 0. The molecule has 0 aliphatic rings. The first-order chi connectivity index (χ1) is 30.7. The second kappa shape index (κ2) is 54.5. The number of carbonyl (C=O) groups is 1. The molecule has 3 N–H and O–H groups in total. The van der Waals surface area contributed by atoms with Gasteiger partial charge in [0.1, 0.15) is 0 Å². The maximum atomic E-state index is 12.5. The summed E-state index contributed by atoms with van der Waals surface area (Å²) in [6.45, 7) is 4.40. The highest BCUT2D eigenvalue weighted by molar-refractivity contribution is 5.76. The van der Waals surface area contributed by atoms with E-state index in [9.17, 15) is 15.0 Å². The lowest BCUT2D eigenvalue weighted by Gasteiger charge is -2.22. The van der Waals surface area contributed by atoms with E-state index in [1.165, 1.54) is 283 Å². The van der Waals surface area contributed by atoms with E-state index < -0.39 is 12.1 Å². The topological polar surface area (TPSA) is 69.6 Å². The van der Waals surface area contributed by atoms with E-state index in [2.05, 4.69) is 31.3 Å². The molecule has 0 aromatic carbocycles. The third-order valence-corrected chi connectivity index (χ3v) is 13.8. The molecule has 2 unspecified atom stereocenters. The molecule has 0 heterocycles. The van der Waals surface area contributed by atoms with Crippen molar-refractivity contribution in [2.24, 2.45) is 0 Å². The van der Waals surface area contributed by atoms with Crippen LogP contribution in [0.3, 0.4) is 0 Å². The van der Waals surface area contributed by atoms with Crippen molar-refractivity contribution in [1.29, 1.82) is 0 Å². The van der Waals surface area contributed by atoms with Crippen LogP contribution in [0.5, 0.6) is 0 Å². The Kier molecular flexibility index (Phi) is 53.7. The molecule has 0 spiro atoms. The molecule has 0 saturated carbocycles. The first-order valence-electron chi connectivity index (χ1n) is 28.9. The molecule has 0 radical (unpaired) electrons. The lowest BCUT2D eigenvalue weighted by Crippen LogP contribution is -2.45. The van der Waals surface area contributed by atoms with Gasteiger partial charge in [-0.05, 0) is 38.5 Å². The van der Waals surface area contributed by atoms with Gasteiger partial charge in [-0.15, -0.1) is 0 Å². The van der Waals surface area contributed by atoms with E-state index in [4.69, 9.17) is 0 Å². The maximum absolute atomic E-state index is 12.5. The molecule has 0 rings (SSSR count). The summed E-state index contributed by atoms with van der Waals surface area (Å²) in [7, 11) is 0. The number of hydrogen-bond acceptors (Lipinski definition) is 3. The third-order valence-electron chi connectivity index (χ3n) is 13.8. The van der Waals surface area contributed by atoms with Crippen LogP contribution in [0.4, 0.5) is 0 Å². The van der Waals surface area contributed by atoms with Gasteiger partial charge in [-0.2, -0.15) is 0 Å². The highest BCUT2D eigenvalue weighted by Gasteiger charge is 2.20. The molecule has 0 bridgehead atoms. The summed E-state index contributed by atoms with van der Waals surface area (Å²) in [5.41, 5.74) is 0. The van der Waals surface area contributed by atoms with Gasteiger partial charge in [0.05, 0.1) is 18.8 Å². The molecule has 1 amide bonds. The number of hydrogen-bond donors (Lipinski definition) is 3. The highest BCUT2D eigenvalue weighted by Crippen LogP contribution is 2.18. The van der Waals surface area contributed by atoms with Crippen molar-refractivity contribution < 1.29 is 15.0 Å². The molecule has 4 nitrogen and oxygen atoms in total. The standard InChI is InChI=1S/C58H115NO3/c1-3-5-7-9-11-13-15-17-19-21-23-25-27-29-30-32-34-36-38-40-42-44-46-48-50-52-54-58(62)59-56(55-60)57(61)53-51-49-47-45-43-41-39-37-35-33-31-28-26-24-22-20-18-16-14-12-10-8-6-4-2/h29-30,56-57,60-61H,3-28,31-55H2,1-2H3,(H,59,62)/b30-29-. The number of aliphatic hydroxyl groups is 2. The molecule has 0 fully saturated rings. The van der Waals surface area contributed by atoms with Crippen LogP contribution in [-0.4, -0.2) is 34.9 Å². The zero-order valence-corrected chi connectivity index (χ0v) is 42.7. The Bertz CT molecular complexity index is 860. The van der Waals surface area contributed by atoms with Gasteiger partial charge in [-0.25, -0.2) is 0 Å². The number of allylic oxidation sites excluding steroid dienone is 2. The van der Waals surface area contributed by atoms with Gasteiger partial charge in [-0.3, -0.25) is 4.79 Å². The molecule has 0 aliphatic heterocycles. The van der Waals surface area contributed by atoms with E-state index in [1.807, 2.05) is 0 Å². The van der Waals surface area contributed by atoms with Crippen LogP contribution in [-0.2, 0) is 4.79 Å². The molecule has 0 aromatic heterocycles. The minimum atomic E-state index is -0.658. The van der Waals surface area contributed by atoms with Crippen LogP contribution in [0.2, 0.25) is 0 Å². The van der Waals surface area contributed by atoms with Crippen LogP contribution in [0.1, 0.15) is 335 Å². The molecular weight excluding hydrogens is 759 g/mol. The fourth-order valence-corrected chi connectivity index (χ4v) is 9.36. The monoisotopic (exact) mass is 874 g/mol. The maximum Gasteiger partial charge on any atom is 0.220 e. The summed E-state index contributed by atoms with van der Waals surface area (Å²) in [5, 5.41) is 23.4. The summed E-state index contributed by atoms with van der Waals surface area (Å²) in [4.78, 5) is 12.5. The zero-order valence-electron chi connectivity index (χ0n) is 42.7. The van der Waals surface area contributed by atoms with Crippen molar-refractivity contribution >= 4 is 5.91 Å². The third kappa shape index (κ3) is 50.1. The van der Waals surface area contributed by atoms with Crippen molar-refractivity contribution in [3.63, 3.8) is 0 Å². The molecule has 370 valence electrons. The van der Waals surface area contributed by atoms with E-state index in [0.717, 1.165) is 25.7 Å². The lowest BCUT2D eigenvalue weighted by atomic mass is 10.0. The average Bonchev–Trinajstić information content (AvgIpc) is 3.28. The Morgan fingerprint density at radius 1 is 0.371 bits per heavy atom. The first kappa shape index (κ1) is 61.1. The van der Waals surface area contributed by atoms with Crippen LogP contribution in [0, 0.1) is 0 Å². The summed E-state index contributed by atoms with van der Waals surface area (Å²) in [5.74, 6) is -0.0260. The van der Waals surface area contributed by atoms with E-state index in [-0.39, 0.29) is 12.5 Å². The quantitative estimate of drug-likeness (QED) is 0.0421. The van der Waals surface area contributed by atoms with Crippen molar-refractivity contribution in [2.45, 2.75) is 347 Å². The van der Waals surface area contributed by atoms with Crippen LogP contribution >= 0.6 is 0 Å². The molecule has 2 atom stereocenters. The van der Waals surface area contributed by atoms with Crippen molar-refractivity contribution in [2.75, 3.05) is 6.61 Å². The number of amides is 1. The largest absolute Gasteiger partial charge is 0.394 e. The fourth-order valence-electron chi connectivity index (χ4n) is 9.36. The molecule has 0 aliphatic carbocycles. The number of unbranched alkanes of at least 4 members (excludes halogenated alkanes) is 45. The second-order valence-electron chi connectivity index (χ2n) is 20.1. The van der Waals surface area contributed by atoms with Crippen LogP contribution < -0.4 is 5.32 Å². The van der Waals surface area contributed by atoms with E-state index in [0.29, 0.717) is 12.8 Å². The smallest absolute Gasteiger partial charge is 0.220 e. The number of aliphatic hydroxyl groups excluding tert-OH is 2. The Hall–Kier alpha value is -0.870. The predicted octanol–water partition coefficient (Wildman–Crippen LogP) is 18.9. The number of rotatable bonds is 54. The minimum Gasteiger partial charge on any atom is -0.394 e. The molecular formula is C58H115NO3. The van der Waals surface area contributed by atoms with Gasteiger partial charge in [-0.1, -0.05) is 302 Å². The summed E-state index contributed by atoms with van der Waals surface area (Å²) in [6.07, 6.45) is 70.6. The molecule has 0 aromatic rings. The SMILES string of the molecule is CCCCCCCCCCCCCC/C=C\CCCCCCCCCCCCC(=O)NC(CO)C(O)CCCCCCCCCCCCCCCCCCCCCCCCCC. The Morgan fingerprint density at radius 2 is 0.613 bits per heavy atom. The van der Waals surface area contributed by atoms with Gasteiger partial charge < -0.3 is 15.5 Å². The highest BCUT2D eigenvalue weighted by atomic mass is 16.3. The average molecular weight is 875 g/mol. The fraction of sp³-hybridized carbons (Fsp3) is 0.948. The van der Waals surface area contributed by atoms with E-state index >= 15 is 0 Å². The van der Waals surface area contributed by atoms with Gasteiger partial charge in [0.2, 0.25) is 5.91 Å². The number of nitrogens with one attached hydrogen (secondary N) is 1. The molecule has 62 heavy (non-hydrogen) atoms. The van der Waals surface area contributed by atoms with Gasteiger partial charge >= 0.3 is 0 Å². The van der Waals surface area contributed by atoms with Crippen LogP contribution in [0.15, 0.2) is 12.2 Å². The lowest BCUT2D eigenvalue weighted by molar-refractivity contribution is -0.123. The predicted molar refractivity (Wildman–Crippen MR) is 276 cm³/mol. The van der Waals surface area contributed by atoms with Crippen LogP contribution in [0.25, 0.3) is 0 Å². The summed E-state index contributed by atoms with van der Waals surface area (Å²) in [6, 6.07) is -0.535. The Labute approximate surface area is 390 Å². The zero-order chi connectivity index (χ0) is 44.9.